The molecule has 1 atom stereocenters. The smallest absolute Gasteiger partial charge is 0.136 e. The Labute approximate surface area is 111 Å². The molecule has 2 fully saturated rings. The molecule has 0 bridgehead atoms. The van der Waals surface area contributed by atoms with Gasteiger partial charge in [-0.3, -0.25) is 0 Å². The van der Waals surface area contributed by atoms with E-state index < -0.39 is 0 Å². The van der Waals surface area contributed by atoms with E-state index in [1.165, 1.54) is 24.8 Å². The molecular formula is C14H18BrNO. The molecule has 2 nitrogen and oxygen atoms in total. The molecule has 3 heteroatoms. The second kappa shape index (κ2) is 4.99. The Balaban J connectivity index is 1.81. The summed E-state index contributed by atoms with van der Waals surface area (Å²) in [6.07, 6.45) is 3.89. The highest BCUT2D eigenvalue weighted by Gasteiger charge is 2.25. The fraction of sp³-hybridized carbons (Fsp3) is 0.571. The van der Waals surface area contributed by atoms with E-state index in [0.717, 1.165) is 35.8 Å². The minimum absolute atomic E-state index is 0.613. The number of nitrogens with one attached hydrogen (secondary N) is 1. The fourth-order valence-electron chi connectivity index (χ4n) is 2.41. The van der Waals surface area contributed by atoms with Crippen LogP contribution in [-0.4, -0.2) is 19.7 Å². The molecule has 1 N–H and O–H groups in total. The van der Waals surface area contributed by atoms with E-state index in [0.29, 0.717) is 5.92 Å². The molecule has 2 aliphatic rings. The van der Waals surface area contributed by atoms with Crippen molar-refractivity contribution in [3.8, 4) is 5.75 Å². The Morgan fingerprint density at radius 2 is 2.18 bits per heavy atom. The summed E-state index contributed by atoms with van der Waals surface area (Å²) < 4.78 is 7.13. The second-order valence-electron chi connectivity index (χ2n) is 5.10. The van der Waals surface area contributed by atoms with Gasteiger partial charge in [-0.15, -0.1) is 0 Å². The molecule has 0 aromatic heterocycles. The van der Waals surface area contributed by atoms with Gasteiger partial charge in [-0.1, -0.05) is 12.1 Å². The van der Waals surface area contributed by atoms with E-state index in [2.05, 4.69) is 39.4 Å². The standard InChI is InChI=1S/C14H18BrNO/c15-13-3-1-2-12(11-6-7-16-8-11)14(13)17-9-10-4-5-10/h1-3,10-11,16H,4-9H2. The normalized spacial score (nSPS) is 23.9. The molecule has 0 radical (unpaired) electrons. The van der Waals surface area contributed by atoms with Crippen molar-refractivity contribution in [2.24, 2.45) is 5.92 Å². The van der Waals surface area contributed by atoms with Crippen LogP contribution in [0, 0.1) is 5.92 Å². The van der Waals surface area contributed by atoms with Crippen LogP contribution in [0.3, 0.4) is 0 Å². The van der Waals surface area contributed by atoms with E-state index >= 15 is 0 Å². The van der Waals surface area contributed by atoms with Crippen LogP contribution in [0.1, 0.15) is 30.7 Å². The van der Waals surface area contributed by atoms with Crippen molar-refractivity contribution in [1.29, 1.82) is 0 Å². The van der Waals surface area contributed by atoms with Gasteiger partial charge >= 0.3 is 0 Å². The highest BCUT2D eigenvalue weighted by Crippen LogP contribution is 2.38. The summed E-state index contributed by atoms with van der Waals surface area (Å²) in [6.45, 7) is 3.09. The maximum absolute atomic E-state index is 6.03. The van der Waals surface area contributed by atoms with Crippen LogP contribution < -0.4 is 10.1 Å². The van der Waals surface area contributed by atoms with Gasteiger partial charge < -0.3 is 10.1 Å². The molecular weight excluding hydrogens is 278 g/mol. The third-order valence-electron chi connectivity index (χ3n) is 3.66. The first-order valence-electron chi connectivity index (χ1n) is 6.46. The maximum Gasteiger partial charge on any atom is 0.136 e. The SMILES string of the molecule is Brc1cccc(C2CCNC2)c1OCC1CC1. The first-order valence-corrected chi connectivity index (χ1v) is 7.26. The fourth-order valence-corrected chi connectivity index (χ4v) is 2.90. The molecule has 17 heavy (non-hydrogen) atoms. The highest BCUT2D eigenvalue weighted by atomic mass is 79.9. The lowest BCUT2D eigenvalue weighted by Crippen LogP contribution is -2.10. The van der Waals surface area contributed by atoms with Crippen LogP contribution in [-0.2, 0) is 0 Å². The number of para-hydroxylation sites is 1. The lowest BCUT2D eigenvalue weighted by atomic mass is 9.97. The molecule has 1 heterocycles. The minimum Gasteiger partial charge on any atom is -0.492 e. The molecule has 1 saturated carbocycles. The number of halogens is 1. The largest absolute Gasteiger partial charge is 0.492 e. The monoisotopic (exact) mass is 295 g/mol. The van der Waals surface area contributed by atoms with E-state index in [1.54, 1.807) is 0 Å². The van der Waals surface area contributed by atoms with Gasteiger partial charge in [0.25, 0.3) is 0 Å². The Morgan fingerprint density at radius 3 is 2.88 bits per heavy atom. The third kappa shape index (κ3) is 2.66. The quantitative estimate of drug-likeness (QED) is 0.920. The summed E-state index contributed by atoms with van der Waals surface area (Å²) in [5, 5.41) is 3.42. The molecule has 92 valence electrons. The number of hydrogen-bond acceptors (Lipinski definition) is 2. The molecule has 0 amide bonds. The van der Waals surface area contributed by atoms with Gasteiger partial charge in [0, 0.05) is 12.5 Å². The molecule has 1 aromatic rings. The van der Waals surface area contributed by atoms with Crippen LogP contribution in [0.4, 0.5) is 0 Å². The van der Waals surface area contributed by atoms with Crippen molar-refractivity contribution in [2.45, 2.75) is 25.2 Å². The average Bonchev–Trinajstić information content (AvgIpc) is 3.00. The van der Waals surface area contributed by atoms with Crippen LogP contribution in [0.5, 0.6) is 5.75 Å². The summed E-state index contributed by atoms with van der Waals surface area (Å²) in [6, 6.07) is 6.40. The van der Waals surface area contributed by atoms with E-state index in [1.807, 2.05) is 0 Å². The van der Waals surface area contributed by atoms with E-state index in [4.69, 9.17) is 4.74 Å². The van der Waals surface area contributed by atoms with Crippen molar-refractivity contribution >= 4 is 15.9 Å². The molecule has 1 aliphatic heterocycles. The first kappa shape index (κ1) is 11.5. The van der Waals surface area contributed by atoms with Crippen molar-refractivity contribution in [2.75, 3.05) is 19.7 Å². The van der Waals surface area contributed by atoms with Crippen LogP contribution >= 0.6 is 15.9 Å². The molecule has 1 saturated heterocycles. The highest BCUT2D eigenvalue weighted by molar-refractivity contribution is 9.10. The number of benzene rings is 1. The molecule has 1 unspecified atom stereocenters. The van der Waals surface area contributed by atoms with Gasteiger partial charge in [0.05, 0.1) is 11.1 Å². The van der Waals surface area contributed by atoms with Gasteiger partial charge in [0.1, 0.15) is 5.75 Å². The third-order valence-corrected chi connectivity index (χ3v) is 4.28. The van der Waals surface area contributed by atoms with E-state index in [9.17, 15) is 0 Å². The van der Waals surface area contributed by atoms with Gasteiger partial charge in [-0.2, -0.15) is 0 Å². The summed E-state index contributed by atoms with van der Waals surface area (Å²) in [5.41, 5.74) is 1.37. The summed E-state index contributed by atoms with van der Waals surface area (Å²) in [5.74, 6) is 2.49. The second-order valence-corrected chi connectivity index (χ2v) is 5.96. The van der Waals surface area contributed by atoms with Crippen LogP contribution in [0.25, 0.3) is 0 Å². The van der Waals surface area contributed by atoms with E-state index in [-0.39, 0.29) is 0 Å². The summed E-state index contributed by atoms with van der Waals surface area (Å²) in [4.78, 5) is 0. The summed E-state index contributed by atoms with van der Waals surface area (Å²) in [7, 11) is 0. The number of hydrogen-bond donors (Lipinski definition) is 1. The molecule has 3 rings (SSSR count). The zero-order valence-electron chi connectivity index (χ0n) is 9.92. The predicted molar refractivity (Wildman–Crippen MR) is 72.6 cm³/mol. The first-order chi connectivity index (χ1) is 8.34. The van der Waals surface area contributed by atoms with Gasteiger partial charge in [0.2, 0.25) is 0 Å². The maximum atomic E-state index is 6.03. The van der Waals surface area contributed by atoms with Crippen molar-refractivity contribution in [3.05, 3.63) is 28.2 Å². The Bertz CT molecular complexity index is 397. The lowest BCUT2D eigenvalue weighted by Gasteiger charge is -2.17. The average molecular weight is 296 g/mol. The van der Waals surface area contributed by atoms with Crippen LogP contribution in [0.2, 0.25) is 0 Å². The Hall–Kier alpha value is -0.540. The van der Waals surface area contributed by atoms with Gasteiger partial charge in [0.15, 0.2) is 0 Å². The Morgan fingerprint density at radius 1 is 1.29 bits per heavy atom. The zero-order valence-corrected chi connectivity index (χ0v) is 11.5. The molecule has 0 spiro atoms. The van der Waals surface area contributed by atoms with Crippen molar-refractivity contribution in [1.82, 2.24) is 5.32 Å². The van der Waals surface area contributed by atoms with Gasteiger partial charge in [-0.25, -0.2) is 0 Å². The molecule has 1 aliphatic carbocycles. The minimum atomic E-state index is 0.613. The number of ether oxygens (including phenoxy) is 1. The lowest BCUT2D eigenvalue weighted by molar-refractivity contribution is 0.293. The predicted octanol–water partition coefficient (Wildman–Crippen LogP) is 3.31. The Kier molecular flexibility index (Phi) is 3.39. The van der Waals surface area contributed by atoms with Crippen LogP contribution in [0.15, 0.2) is 22.7 Å². The number of rotatable bonds is 4. The topological polar surface area (TPSA) is 21.3 Å². The molecule has 1 aromatic carbocycles. The zero-order chi connectivity index (χ0) is 11.7. The van der Waals surface area contributed by atoms with Crippen molar-refractivity contribution in [3.63, 3.8) is 0 Å². The van der Waals surface area contributed by atoms with Crippen molar-refractivity contribution < 1.29 is 4.74 Å². The summed E-state index contributed by atoms with van der Waals surface area (Å²) >= 11 is 3.62. The van der Waals surface area contributed by atoms with Gasteiger partial charge in [-0.05, 0) is 59.3 Å².